The van der Waals surface area contributed by atoms with Crippen LogP contribution in [0.15, 0.2) is 48.5 Å². The summed E-state index contributed by atoms with van der Waals surface area (Å²) >= 11 is 0. The molecule has 0 radical (unpaired) electrons. The Kier molecular flexibility index (Phi) is 7.71. The lowest BCUT2D eigenvalue weighted by atomic mass is 9.76. The zero-order valence-electron chi connectivity index (χ0n) is 20.3. The Labute approximate surface area is 209 Å². The molecule has 36 heavy (non-hydrogen) atoms. The van der Waals surface area contributed by atoms with E-state index in [9.17, 15) is 18.4 Å². The molecule has 2 aromatic rings. The second-order valence-electron chi connectivity index (χ2n) is 9.54. The minimum atomic E-state index is -4.45. The van der Waals surface area contributed by atoms with Gasteiger partial charge in [0.25, 0.3) is 0 Å². The first-order valence-electron chi connectivity index (χ1n) is 12.0. The molecule has 7 nitrogen and oxygen atoms in total. The maximum Gasteiger partial charge on any atom is 0.416 e. The Morgan fingerprint density at radius 2 is 1.92 bits per heavy atom. The Hall–Kier alpha value is -3.29. The number of ether oxygens (including phenoxy) is 1. The monoisotopic (exact) mass is 500 g/mol. The number of fused-ring (bicyclic) bond motifs is 3. The van der Waals surface area contributed by atoms with Gasteiger partial charge in [-0.1, -0.05) is 30.3 Å². The number of nitrogens with one attached hydrogen (secondary N) is 3. The van der Waals surface area contributed by atoms with E-state index in [1.807, 2.05) is 55.5 Å². The number of nitriles is 1. The highest BCUT2D eigenvalue weighted by atomic mass is 19.4. The molecule has 0 spiro atoms. The molecule has 2 aliphatic heterocycles. The second kappa shape index (κ2) is 10.8. The number of nitrogens with zero attached hydrogens (tertiary/aromatic N) is 3. The van der Waals surface area contributed by atoms with Gasteiger partial charge in [0.15, 0.2) is 6.19 Å². The van der Waals surface area contributed by atoms with Crippen LogP contribution in [-0.2, 0) is 10.9 Å². The average Bonchev–Trinajstić information content (AvgIpc) is 2.86. The van der Waals surface area contributed by atoms with E-state index in [0.29, 0.717) is 37.3 Å². The fourth-order valence-electron chi connectivity index (χ4n) is 4.89. The van der Waals surface area contributed by atoms with Gasteiger partial charge in [0.05, 0.1) is 23.8 Å². The Balaban J connectivity index is 1.53. The molecule has 0 amide bonds. The van der Waals surface area contributed by atoms with Gasteiger partial charge in [0.1, 0.15) is 0 Å². The standard InChI is InChI=1S/C26H31F3N6O/c1-34(2)12-13-35(16-30)25(31)32-15-19-9-10-20-23(17-6-4-3-5-7-17)33-22-11-8-18(26(27,28)29)14-21(22)24(20)36-19/h3-8,11,14,19-20,23-24,33H,9-10,12-13,15H2,1-2H3,(H2,31,32)/t19?,20-,23-,24-/m0/s1. The molecule has 2 aliphatic rings. The maximum absolute atomic E-state index is 13.5. The third kappa shape index (κ3) is 5.74. The van der Waals surface area contributed by atoms with Crippen molar-refractivity contribution in [3.8, 4) is 6.19 Å². The highest BCUT2D eigenvalue weighted by Gasteiger charge is 2.43. The topological polar surface area (TPSA) is 87.4 Å². The van der Waals surface area contributed by atoms with E-state index in [4.69, 9.17) is 10.1 Å². The van der Waals surface area contributed by atoms with Crippen LogP contribution in [-0.4, -0.2) is 55.6 Å². The van der Waals surface area contributed by atoms with Crippen LogP contribution in [0.3, 0.4) is 0 Å². The summed E-state index contributed by atoms with van der Waals surface area (Å²) in [6.45, 7) is 1.29. The van der Waals surface area contributed by atoms with E-state index in [1.165, 1.54) is 17.0 Å². The van der Waals surface area contributed by atoms with Gasteiger partial charge in [-0.25, -0.2) is 4.90 Å². The second-order valence-corrected chi connectivity index (χ2v) is 9.54. The predicted molar refractivity (Wildman–Crippen MR) is 131 cm³/mol. The van der Waals surface area contributed by atoms with Crippen LogP contribution in [0.25, 0.3) is 0 Å². The summed E-state index contributed by atoms with van der Waals surface area (Å²) in [6.07, 6.45) is -1.83. The molecular formula is C26H31F3N6O. The highest BCUT2D eigenvalue weighted by Crippen LogP contribution is 2.51. The van der Waals surface area contributed by atoms with Crippen LogP contribution in [0.4, 0.5) is 18.9 Å². The van der Waals surface area contributed by atoms with E-state index >= 15 is 0 Å². The number of hydrogen-bond donors (Lipinski definition) is 3. The van der Waals surface area contributed by atoms with Crippen LogP contribution in [0, 0.1) is 22.8 Å². The quantitative estimate of drug-likeness (QED) is 0.233. The van der Waals surface area contributed by atoms with Crippen molar-refractivity contribution >= 4 is 11.6 Å². The van der Waals surface area contributed by atoms with Crippen LogP contribution in [0.5, 0.6) is 0 Å². The first-order valence-corrected chi connectivity index (χ1v) is 12.0. The van der Waals surface area contributed by atoms with Gasteiger partial charge in [-0.2, -0.15) is 18.4 Å². The molecule has 3 N–H and O–H groups in total. The van der Waals surface area contributed by atoms with Crippen LogP contribution in [0.1, 0.15) is 41.7 Å². The fourth-order valence-corrected chi connectivity index (χ4v) is 4.89. The van der Waals surface area contributed by atoms with Crippen molar-refractivity contribution in [3.05, 3.63) is 65.2 Å². The molecule has 4 rings (SSSR count). The SMILES string of the molecule is CN(C)CCN(C#N)C(=N)NCC1CC[C@@H]2[C@H](O1)c1cc(C(F)(F)F)ccc1N[C@H]2c1ccccc1. The molecule has 10 heteroatoms. The van der Waals surface area contributed by atoms with Gasteiger partial charge >= 0.3 is 6.18 Å². The van der Waals surface area contributed by atoms with Gasteiger partial charge in [-0.05, 0) is 50.7 Å². The lowest BCUT2D eigenvalue weighted by molar-refractivity contribution is -0.138. The number of anilines is 1. The number of benzene rings is 2. The maximum atomic E-state index is 13.5. The molecule has 0 aromatic heterocycles. The van der Waals surface area contributed by atoms with Crippen LogP contribution in [0.2, 0.25) is 0 Å². The summed E-state index contributed by atoms with van der Waals surface area (Å²) in [7, 11) is 3.78. The van der Waals surface area contributed by atoms with E-state index in [2.05, 4.69) is 10.6 Å². The molecule has 2 heterocycles. The summed E-state index contributed by atoms with van der Waals surface area (Å²) < 4.78 is 46.9. The lowest BCUT2D eigenvalue weighted by Crippen LogP contribution is -2.46. The van der Waals surface area contributed by atoms with Crippen molar-refractivity contribution < 1.29 is 17.9 Å². The van der Waals surface area contributed by atoms with Gasteiger partial charge in [0.2, 0.25) is 5.96 Å². The van der Waals surface area contributed by atoms with E-state index in [1.54, 1.807) is 0 Å². The summed E-state index contributed by atoms with van der Waals surface area (Å²) in [5.74, 6) is -0.0629. The normalized spacial score (nSPS) is 23.1. The zero-order chi connectivity index (χ0) is 25.9. The third-order valence-electron chi connectivity index (χ3n) is 6.79. The molecule has 1 fully saturated rings. The first kappa shape index (κ1) is 25.8. The zero-order valence-corrected chi connectivity index (χ0v) is 20.3. The summed E-state index contributed by atoms with van der Waals surface area (Å²) in [4.78, 5) is 3.20. The van der Waals surface area contributed by atoms with Crippen molar-refractivity contribution in [1.29, 1.82) is 10.7 Å². The first-order chi connectivity index (χ1) is 17.2. The largest absolute Gasteiger partial charge is 0.416 e. The van der Waals surface area contributed by atoms with E-state index in [0.717, 1.165) is 18.1 Å². The Bertz CT molecular complexity index is 1100. The van der Waals surface area contributed by atoms with E-state index < -0.39 is 17.8 Å². The smallest absolute Gasteiger partial charge is 0.378 e. The Morgan fingerprint density at radius 1 is 1.17 bits per heavy atom. The summed E-state index contributed by atoms with van der Waals surface area (Å²) in [5.41, 5.74) is 1.51. The minimum absolute atomic E-state index is 0.0164. The van der Waals surface area contributed by atoms with Crippen molar-refractivity contribution in [2.75, 3.05) is 39.0 Å². The van der Waals surface area contributed by atoms with Crippen LogP contribution >= 0.6 is 0 Å². The molecular weight excluding hydrogens is 469 g/mol. The molecule has 1 saturated heterocycles. The van der Waals surface area contributed by atoms with Crippen molar-refractivity contribution in [2.24, 2.45) is 5.92 Å². The number of halogens is 3. The van der Waals surface area contributed by atoms with E-state index in [-0.39, 0.29) is 24.0 Å². The van der Waals surface area contributed by atoms with Crippen molar-refractivity contribution in [1.82, 2.24) is 15.1 Å². The number of rotatable bonds is 6. The predicted octanol–water partition coefficient (Wildman–Crippen LogP) is 4.58. The van der Waals surface area contributed by atoms with Crippen molar-refractivity contribution in [3.63, 3.8) is 0 Å². The van der Waals surface area contributed by atoms with Gasteiger partial charge in [0, 0.05) is 36.8 Å². The fraction of sp³-hybridized carbons (Fsp3) is 0.462. The number of guanidine groups is 1. The van der Waals surface area contributed by atoms with Gasteiger partial charge < -0.3 is 20.3 Å². The van der Waals surface area contributed by atoms with Gasteiger partial charge in [-0.3, -0.25) is 5.41 Å². The molecule has 0 bridgehead atoms. The van der Waals surface area contributed by atoms with Crippen molar-refractivity contribution in [2.45, 2.75) is 37.3 Å². The van der Waals surface area contributed by atoms with Crippen LogP contribution < -0.4 is 10.6 Å². The minimum Gasteiger partial charge on any atom is -0.378 e. The average molecular weight is 501 g/mol. The molecule has 0 aliphatic carbocycles. The molecule has 4 atom stereocenters. The molecule has 192 valence electrons. The molecule has 0 saturated carbocycles. The molecule has 2 aromatic carbocycles. The highest BCUT2D eigenvalue weighted by molar-refractivity contribution is 5.78. The Morgan fingerprint density at radius 3 is 2.58 bits per heavy atom. The number of alkyl halides is 3. The van der Waals surface area contributed by atoms with Gasteiger partial charge in [-0.15, -0.1) is 0 Å². The number of likely N-dealkylation sites (N-methyl/N-ethyl adjacent to an activating group) is 1. The summed E-state index contributed by atoms with van der Waals surface area (Å²) in [6, 6.07) is 13.6. The number of hydrogen-bond acceptors (Lipinski definition) is 5. The summed E-state index contributed by atoms with van der Waals surface area (Å²) in [5, 5.41) is 24.0. The third-order valence-corrected chi connectivity index (χ3v) is 6.79. The lowest BCUT2D eigenvalue weighted by Gasteiger charge is -2.46. The molecule has 1 unspecified atom stereocenters.